The lowest BCUT2D eigenvalue weighted by Crippen LogP contribution is -2.17. The van der Waals surface area contributed by atoms with Crippen molar-refractivity contribution in [2.24, 2.45) is 0 Å². The third-order valence-electron chi connectivity index (χ3n) is 3.46. The van der Waals surface area contributed by atoms with Gasteiger partial charge in [0.15, 0.2) is 5.65 Å². The van der Waals surface area contributed by atoms with Crippen LogP contribution in [0.25, 0.3) is 5.65 Å². The SMILES string of the molecule is CC1(C)CC(C#N)c2cnc3c(Br)c(F)nn3c21. The van der Waals surface area contributed by atoms with Gasteiger partial charge in [0.2, 0.25) is 5.95 Å². The minimum Gasteiger partial charge on any atom is -0.236 e. The van der Waals surface area contributed by atoms with Gasteiger partial charge in [0, 0.05) is 17.2 Å². The molecule has 0 amide bonds. The highest BCUT2D eigenvalue weighted by Crippen LogP contribution is 2.45. The Bertz CT molecular complexity index is 698. The molecular formula is C12H10BrFN4. The van der Waals surface area contributed by atoms with Crippen LogP contribution >= 0.6 is 15.9 Å². The van der Waals surface area contributed by atoms with Crippen molar-refractivity contribution in [3.63, 3.8) is 0 Å². The average molecular weight is 309 g/mol. The zero-order valence-electron chi connectivity index (χ0n) is 9.91. The molecule has 0 bridgehead atoms. The maximum atomic E-state index is 13.5. The van der Waals surface area contributed by atoms with Crippen molar-refractivity contribution < 1.29 is 4.39 Å². The fraction of sp³-hybridized carbons (Fsp3) is 0.417. The Hall–Kier alpha value is -1.48. The highest BCUT2D eigenvalue weighted by molar-refractivity contribution is 9.10. The van der Waals surface area contributed by atoms with Gasteiger partial charge in [-0.1, -0.05) is 13.8 Å². The summed E-state index contributed by atoms with van der Waals surface area (Å²) < 4.78 is 15.3. The van der Waals surface area contributed by atoms with Crippen molar-refractivity contribution in [3.8, 4) is 6.07 Å². The molecule has 2 aromatic rings. The van der Waals surface area contributed by atoms with Crippen LogP contribution in [-0.4, -0.2) is 14.6 Å². The molecule has 4 nitrogen and oxygen atoms in total. The van der Waals surface area contributed by atoms with E-state index >= 15 is 0 Å². The van der Waals surface area contributed by atoms with Gasteiger partial charge in [-0.05, 0) is 22.4 Å². The molecule has 0 spiro atoms. The van der Waals surface area contributed by atoms with Crippen molar-refractivity contribution in [1.29, 1.82) is 5.26 Å². The number of aromatic nitrogens is 3. The summed E-state index contributed by atoms with van der Waals surface area (Å²) in [5.74, 6) is -0.773. The maximum absolute atomic E-state index is 13.5. The van der Waals surface area contributed by atoms with Crippen LogP contribution < -0.4 is 0 Å². The van der Waals surface area contributed by atoms with Gasteiger partial charge in [0.05, 0.1) is 17.7 Å². The molecule has 0 saturated carbocycles. The molecule has 0 saturated heterocycles. The third-order valence-corrected chi connectivity index (χ3v) is 4.15. The van der Waals surface area contributed by atoms with Gasteiger partial charge in [-0.3, -0.25) is 0 Å². The first-order chi connectivity index (χ1) is 8.45. The summed E-state index contributed by atoms with van der Waals surface area (Å²) in [5.41, 5.74) is 1.97. The summed E-state index contributed by atoms with van der Waals surface area (Å²) in [6.45, 7) is 4.08. The summed E-state index contributed by atoms with van der Waals surface area (Å²) in [6, 6.07) is 2.28. The fourth-order valence-electron chi connectivity index (χ4n) is 2.71. The molecule has 1 aliphatic carbocycles. The van der Waals surface area contributed by atoms with Gasteiger partial charge in [-0.25, -0.2) is 9.50 Å². The van der Waals surface area contributed by atoms with E-state index in [0.717, 1.165) is 11.3 Å². The van der Waals surface area contributed by atoms with Crippen LogP contribution in [0.15, 0.2) is 10.7 Å². The molecule has 0 radical (unpaired) electrons. The van der Waals surface area contributed by atoms with Gasteiger partial charge in [-0.15, -0.1) is 5.10 Å². The smallest absolute Gasteiger partial charge is 0.236 e. The summed E-state index contributed by atoms with van der Waals surface area (Å²) in [4.78, 5) is 4.20. The first kappa shape index (κ1) is 11.6. The molecule has 0 fully saturated rings. The van der Waals surface area contributed by atoms with E-state index in [-0.39, 0.29) is 15.8 Å². The topological polar surface area (TPSA) is 54.0 Å². The van der Waals surface area contributed by atoms with Crippen molar-refractivity contribution in [3.05, 3.63) is 27.9 Å². The van der Waals surface area contributed by atoms with E-state index in [4.69, 9.17) is 0 Å². The number of fused-ring (bicyclic) bond motifs is 3. The van der Waals surface area contributed by atoms with Crippen LogP contribution in [0, 0.1) is 17.3 Å². The quantitative estimate of drug-likeness (QED) is 0.752. The normalized spacial score (nSPS) is 20.9. The van der Waals surface area contributed by atoms with E-state index in [1.165, 1.54) is 4.52 Å². The zero-order chi connectivity index (χ0) is 13.1. The molecule has 2 heterocycles. The molecule has 1 aliphatic rings. The van der Waals surface area contributed by atoms with Crippen molar-refractivity contribution in [1.82, 2.24) is 14.6 Å². The van der Waals surface area contributed by atoms with Gasteiger partial charge >= 0.3 is 0 Å². The van der Waals surface area contributed by atoms with Gasteiger partial charge in [0.25, 0.3) is 0 Å². The van der Waals surface area contributed by atoms with Crippen molar-refractivity contribution in [2.45, 2.75) is 31.6 Å². The first-order valence-corrected chi connectivity index (χ1v) is 6.38. The van der Waals surface area contributed by atoms with Gasteiger partial charge in [-0.2, -0.15) is 9.65 Å². The molecular weight excluding hydrogens is 299 g/mol. The Kier molecular flexibility index (Phi) is 2.26. The minimum atomic E-state index is -0.577. The highest BCUT2D eigenvalue weighted by atomic mass is 79.9. The molecule has 2 aromatic heterocycles. The second kappa shape index (κ2) is 3.51. The number of hydrogen-bond donors (Lipinski definition) is 0. The van der Waals surface area contributed by atoms with Gasteiger partial charge < -0.3 is 0 Å². The molecule has 1 unspecified atom stereocenters. The Morgan fingerprint density at radius 3 is 3.00 bits per heavy atom. The van der Waals surface area contributed by atoms with Crippen LogP contribution in [0.4, 0.5) is 4.39 Å². The number of halogens is 2. The zero-order valence-corrected chi connectivity index (χ0v) is 11.5. The standard InChI is InChI=1S/C12H10BrFN4/c1-12(2)3-6(4-15)7-5-16-11-8(13)10(14)17-18(11)9(7)12/h5-6H,3H2,1-2H3. The summed E-state index contributed by atoms with van der Waals surface area (Å²) in [7, 11) is 0. The molecule has 3 rings (SSSR count). The molecule has 92 valence electrons. The highest BCUT2D eigenvalue weighted by Gasteiger charge is 2.40. The number of hydrogen-bond acceptors (Lipinski definition) is 3. The summed E-state index contributed by atoms with van der Waals surface area (Å²) >= 11 is 3.14. The second-order valence-electron chi connectivity index (χ2n) is 5.17. The minimum absolute atomic E-state index is 0.196. The van der Waals surface area contributed by atoms with Crippen LogP contribution in [0.5, 0.6) is 0 Å². The molecule has 6 heteroatoms. The van der Waals surface area contributed by atoms with Crippen LogP contribution in [0.1, 0.15) is 37.4 Å². The average Bonchev–Trinajstić information content (AvgIpc) is 2.75. The van der Waals surface area contributed by atoms with E-state index in [1.807, 2.05) is 13.8 Å². The Morgan fingerprint density at radius 1 is 1.61 bits per heavy atom. The van der Waals surface area contributed by atoms with Gasteiger partial charge in [0.1, 0.15) is 4.47 Å². The lowest BCUT2D eigenvalue weighted by atomic mass is 9.89. The van der Waals surface area contributed by atoms with Crippen LogP contribution in [0.3, 0.4) is 0 Å². The monoisotopic (exact) mass is 308 g/mol. The van der Waals surface area contributed by atoms with E-state index in [2.05, 4.69) is 32.1 Å². The number of nitriles is 1. The predicted octanol–water partition coefficient (Wildman–Crippen LogP) is 2.92. The van der Waals surface area contributed by atoms with E-state index < -0.39 is 5.95 Å². The lowest BCUT2D eigenvalue weighted by molar-refractivity contribution is 0.478. The van der Waals surface area contributed by atoms with E-state index in [9.17, 15) is 9.65 Å². The first-order valence-electron chi connectivity index (χ1n) is 5.58. The van der Waals surface area contributed by atoms with E-state index in [1.54, 1.807) is 6.20 Å². The van der Waals surface area contributed by atoms with Crippen molar-refractivity contribution >= 4 is 21.6 Å². The number of rotatable bonds is 0. The van der Waals surface area contributed by atoms with E-state index in [0.29, 0.717) is 12.1 Å². The third kappa shape index (κ3) is 1.34. The largest absolute Gasteiger partial charge is 0.249 e. The molecule has 0 aliphatic heterocycles. The molecule has 0 aromatic carbocycles. The van der Waals surface area contributed by atoms with Crippen LogP contribution in [-0.2, 0) is 5.41 Å². The molecule has 0 N–H and O–H groups in total. The summed E-state index contributed by atoms with van der Waals surface area (Å²) in [6.07, 6.45) is 2.37. The van der Waals surface area contributed by atoms with Crippen molar-refractivity contribution in [2.75, 3.05) is 0 Å². The maximum Gasteiger partial charge on any atom is 0.249 e. The fourth-order valence-corrected chi connectivity index (χ4v) is 3.06. The Labute approximate surface area is 112 Å². The number of nitrogens with zero attached hydrogens (tertiary/aromatic N) is 4. The second-order valence-corrected chi connectivity index (χ2v) is 5.97. The lowest BCUT2D eigenvalue weighted by Gasteiger charge is -2.18. The Morgan fingerprint density at radius 2 is 2.33 bits per heavy atom. The Balaban J connectivity index is 2.43. The summed E-state index contributed by atoms with van der Waals surface area (Å²) in [5, 5.41) is 13.1. The molecule has 18 heavy (non-hydrogen) atoms. The van der Waals surface area contributed by atoms with Crippen LogP contribution in [0.2, 0.25) is 0 Å². The predicted molar refractivity (Wildman–Crippen MR) is 66.6 cm³/mol. The molecule has 1 atom stereocenters.